The van der Waals surface area contributed by atoms with E-state index in [1.165, 1.54) is 12.4 Å². The Hall–Kier alpha value is -0.960. The molecule has 3 saturated heterocycles. The van der Waals surface area contributed by atoms with Crippen molar-refractivity contribution >= 4 is 10.0 Å². The number of aliphatic hydroxyl groups is 1. The Labute approximate surface area is 125 Å². The molecule has 3 fully saturated rings. The van der Waals surface area contributed by atoms with Gasteiger partial charge in [-0.3, -0.25) is 4.68 Å². The van der Waals surface area contributed by atoms with Crippen LogP contribution in [0.1, 0.15) is 19.3 Å². The topological polar surface area (TPSA) is 87.5 Å². The van der Waals surface area contributed by atoms with Crippen LogP contribution in [-0.2, 0) is 16.6 Å². The molecule has 8 heteroatoms. The highest BCUT2D eigenvalue weighted by Crippen LogP contribution is 2.28. The quantitative estimate of drug-likeness (QED) is 0.748. The zero-order valence-corrected chi connectivity index (χ0v) is 12.8. The molecule has 3 aliphatic rings. The third kappa shape index (κ3) is 3.28. The minimum absolute atomic E-state index is 0.0123. The highest BCUT2D eigenvalue weighted by Gasteiger charge is 2.36. The van der Waals surface area contributed by atoms with Crippen LogP contribution in [-0.4, -0.2) is 60.5 Å². The van der Waals surface area contributed by atoms with Crippen LogP contribution < -0.4 is 4.72 Å². The van der Waals surface area contributed by atoms with Crippen LogP contribution in [0.25, 0.3) is 0 Å². The van der Waals surface area contributed by atoms with E-state index in [1.807, 2.05) is 0 Å². The SMILES string of the molecule is O=S(=O)(NC1CN2CCC1CC2)c1cnn(CCCO)c1. The molecule has 2 bridgehead atoms. The maximum Gasteiger partial charge on any atom is 0.243 e. The predicted octanol–water partition coefficient (Wildman–Crippen LogP) is -0.362. The molecule has 0 saturated carbocycles. The number of nitrogens with one attached hydrogen (secondary N) is 1. The van der Waals surface area contributed by atoms with Crippen molar-refractivity contribution in [1.82, 2.24) is 19.4 Å². The van der Waals surface area contributed by atoms with Crippen molar-refractivity contribution in [2.45, 2.75) is 36.7 Å². The molecule has 1 unspecified atom stereocenters. The number of hydrogen-bond acceptors (Lipinski definition) is 5. The molecular formula is C13H22N4O3S. The lowest BCUT2D eigenvalue weighted by molar-refractivity contribution is 0.0827. The van der Waals surface area contributed by atoms with Gasteiger partial charge in [0.05, 0.1) is 6.20 Å². The van der Waals surface area contributed by atoms with Gasteiger partial charge in [-0.15, -0.1) is 0 Å². The van der Waals surface area contributed by atoms with Crippen molar-refractivity contribution < 1.29 is 13.5 Å². The molecule has 21 heavy (non-hydrogen) atoms. The van der Waals surface area contributed by atoms with E-state index in [0.717, 1.165) is 32.5 Å². The van der Waals surface area contributed by atoms with Gasteiger partial charge in [0.1, 0.15) is 4.90 Å². The van der Waals surface area contributed by atoms with Gasteiger partial charge in [-0.2, -0.15) is 5.10 Å². The summed E-state index contributed by atoms with van der Waals surface area (Å²) < 4.78 is 29.3. The number of rotatable bonds is 6. The van der Waals surface area contributed by atoms with E-state index in [-0.39, 0.29) is 17.5 Å². The van der Waals surface area contributed by atoms with E-state index in [4.69, 9.17) is 5.11 Å². The number of sulfonamides is 1. The van der Waals surface area contributed by atoms with Crippen molar-refractivity contribution in [3.05, 3.63) is 12.4 Å². The van der Waals surface area contributed by atoms with Gasteiger partial charge in [-0.25, -0.2) is 13.1 Å². The normalized spacial score (nSPS) is 28.9. The largest absolute Gasteiger partial charge is 0.396 e. The van der Waals surface area contributed by atoms with Crippen LogP contribution >= 0.6 is 0 Å². The number of hydrogen-bond donors (Lipinski definition) is 2. The summed E-state index contributed by atoms with van der Waals surface area (Å²) in [5, 5.41) is 12.8. The Morgan fingerprint density at radius 3 is 2.76 bits per heavy atom. The summed E-state index contributed by atoms with van der Waals surface area (Å²) in [6, 6.07) is 0.0123. The molecule has 3 aliphatic heterocycles. The Morgan fingerprint density at radius 1 is 1.38 bits per heavy atom. The Morgan fingerprint density at radius 2 is 2.14 bits per heavy atom. The summed E-state index contributed by atoms with van der Waals surface area (Å²) in [7, 11) is -3.51. The standard InChI is InChI=1S/C13H22N4O3S/c18-7-1-4-17-9-12(8-14-17)21(19,20)15-13-10-16-5-2-11(13)3-6-16/h8-9,11,13,15,18H,1-7,10H2. The van der Waals surface area contributed by atoms with Gasteiger partial charge in [0.25, 0.3) is 0 Å². The van der Waals surface area contributed by atoms with Crippen molar-refractivity contribution in [3.8, 4) is 0 Å². The lowest BCUT2D eigenvalue weighted by Crippen LogP contribution is -2.57. The monoisotopic (exact) mass is 314 g/mol. The molecule has 0 amide bonds. The van der Waals surface area contributed by atoms with Crippen LogP contribution in [0.5, 0.6) is 0 Å². The number of aryl methyl sites for hydroxylation is 1. The maximum atomic E-state index is 12.4. The first-order chi connectivity index (χ1) is 10.1. The van der Waals surface area contributed by atoms with Crippen LogP contribution in [0.4, 0.5) is 0 Å². The summed E-state index contributed by atoms with van der Waals surface area (Å²) in [5.74, 6) is 0.453. The molecule has 4 rings (SSSR count). The van der Waals surface area contributed by atoms with Gasteiger partial charge in [-0.1, -0.05) is 0 Å². The zero-order chi connectivity index (χ0) is 14.9. The molecule has 118 valence electrons. The molecule has 0 spiro atoms. The zero-order valence-electron chi connectivity index (χ0n) is 12.0. The van der Waals surface area contributed by atoms with Gasteiger partial charge in [0.2, 0.25) is 10.0 Å². The average Bonchev–Trinajstić information content (AvgIpc) is 2.96. The fourth-order valence-corrected chi connectivity index (χ4v) is 4.45. The van der Waals surface area contributed by atoms with Crippen LogP contribution in [0.15, 0.2) is 17.3 Å². The lowest BCUT2D eigenvalue weighted by Gasteiger charge is -2.44. The second kappa shape index (κ2) is 6.04. The van der Waals surface area contributed by atoms with Gasteiger partial charge in [0, 0.05) is 31.9 Å². The third-order valence-electron chi connectivity index (χ3n) is 4.43. The minimum Gasteiger partial charge on any atom is -0.396 e. The summed E-state index contributed by atoms with van der Waals surface area (Å²) in [6.45, 7) is 3.57. The first-order valence-corrected chi connectivity index (χ1v) is 8.95. The van der Waals surface area contributed by atoms with Crippen molar-refractivity contribution in [2.75, 3.05) is 26.2 Å². The Kier molecular flexibility index (Phi) is 4.30. The number of fused-ring (bicyclic) bond motifs is 3. The molecule has 0 aliphatic carbocycles. The van der Waals surface area contributed by atoms with Crippen molar-refractivity contribution in [1.29, 1.82) is 0 Å². The highest BCUT2D eigenvalue weighted by molar-refractivity contribution is 7.89. The van der Waals surface area contributed by atoms with Crippen LogP contribution in [0, 0.1) is 5.92 Å². The van der Waals surface area contributed by atoms with E-state index in [9.17, 15) is 8.42 Å². The first-order valence-electron chi connectivity index (χ1n) is 7.46. The maximum absolute atomic E-state index is 12.4. The summed E-state index contributed by atoms with van der Waals surface area (Å²) in [4.78, 5) is 2.52. The Balaban J connectivity index is 1.67. The molecule has 0 aromatic carbocycles. The second-order valence-electron chi connectivity index (χ2n) is 5.88. The van der Waals surface area contributed by atoms with Gasteiger partial charge >= 0.3 is 0 Å². The van der Waals surface area contributed by atoms with Crippen LogP contribution in [0.2, 0.25) is 0 Å². The second-order valence-corrected chi connectivity index (χ2v) is 7.60. The lowest BCUT2D eigenvalue weighted by atomic mass is 9.85. The fraction of sp³-hybridized carbons (Fsp3) is 0.769. The molecule has 1 aromatic heterocycles. The molecule has 2 N–H and O–H groups in total. The van der Waals surface area contributed by atoms with E-state index < -0.39 is 10.0 Å². The predicted molar refractivity (Wildman–Crippen MR) is 77.2 cm³/mol. The van der Waals surface area contributed by atoms with Crippen LogP contribution in [0.3, 0.4) is 0 Å². The smallest absolute Gasteiger partial charge is 0.243 e. The van der Waals surface area contributed by atoms with Gasteiger partial charge in [-0.05, 0) is 38.3 Å². The van der Waals surface area contributed by atoms with Crippen molar-refractivity contribution in [2.24, 2.45) is 5.92 Å². The highest BCUT2D eigenvalue weighted by atomic mass is 32.2. The fourth-order valence-electron chi connectivity index (χ4n) is 3.20. The molecule has 1 aromatic rings. The van der Waals surface area contributed by atoms with Crippen molar-refractivity contribution in [3.63, 3.8) is 0 Å². The summed E-state index contributed by atoms with van der Waals surface area (Å²) in [6.07, 6.45) is 5.61. The van der Waals surface area contributed by atoms with Gasteiger partial charge < -0.3 is 10.0 Å². The number of nitrogens with zero attached hydrogens (tertiary/aromatic N) is 3. The Bertz CT molecular complexity index is 578. The minimum atomic E-state index is -3.51. The molecular weight excluding hydrogens is 292 g/mol. The average molecular weight is 314 g/mol. The molecule has 0 radical (unpaired) electrons. The molecule has 4 heterocycles. The first kappa shape index (κ1) is 15.0. The van der Waals surface area contributed by atoms with E-state index in [1.54, 1.807) is 4.68 Å². The van der Waals surface area contributed by atoms with E-state index in [0.29, 0.717) is 18.9 Å². The van der Waals surface area contributed by atoms with E-state index >= 15 is 0 Å². The van der Waals surface area contributed by atoms with E-state index in [2.05, 4.69) is 14.7 Å². The number of aliphatic hydroxyl groups excluding tert-OH is 1. The summed E-state index contributed by atoms with van der Waals surface area (Å²) in [5.41, 5.74) is 0. The number of piperidine rings is 3. The van der Waals surface area contributed by atoms with Gasteiger partial charge in [0.15, 0.2) is 0 Å². The number of aromatic nitrogens is 2. The summed E-state index contributed by atoms with van der Waals surface area (Å²) >= 11 is 0. The molecule has 7 nitrogen and oxygen atoms in total. The third-order valence-corrected chi connectivity index (χ3v) is 5.87. The molecule has 1 atom stereocenters.